The van der Waals surface area contributed by atoms with Crippen LogP contribution in [0, 0.1) is 5.92 Å². The van der Waals surface area contributed by atoms with Gasteiger partial charge < -0.3 is 5.32 Å². The van der Waals surface area contributed by atoms with Crippen LogP contribution in [-0.2, 0) is 23.6 Å². The summed E-state index contributed by atoms with van der Waals surface area (Å²) in [7, 11) is 1.14. The molecule has 1 N–H and O–H groups in total. The Hall–Kier alpha value is -0.670. The van der Waals surface area contributed by atoms with Gasteiger partial charge in [0.1, 0.15) is 0 Å². The van der Waals surface area contributed by atoms with E-state index in [0.717, 1.165) is 16.6 Å². The zero-order valence-electron chi connectivity index (χ0n) is 10.9. The molecule has 3 rings (SSSR count). The van der Waals surface area contributed by atoms with Crippen molar-refractivity contribution in [1.29, 1.82) is 0 Å². The Bertz CT molecular complexity index is 468. The predicted octanol–water partition coefficient (Wildman–Crippen LogP) is 2.28. The van der Waals surface area contributed by atoms with Crippen LogP contribution < -0.4 is 5.32 Å². The molecule has 1 saturated carbocycles. The fourth-order valence-electron chi connectivity index (χ4n) is 2.90. The van der Waals surface area contributed by atoms with Gasteiger partial charge in [-0.05, 0) is 68.3 Å². The summed E-state index contributed by atoms with van der Waals surface area (Å²) in [5.74, 6) is 1.52. The molecular formula is C15H21NOS. The molecule has 0 heterocycles. The summed E-state index contributed by atoms with van der Waals surface area (Å²) in [6.45, 7) is 0. The number of fused-ring (bicyclic) bond motifs is 1. The van der Waals surface area contributed by atoms with Crippen LogP contribution in [0.1, 0.15) is 30.4 Å². The lowest BCUT2D eigenvalue weighted by molar-refractivity contribution is 0.546. The molecule has 0 radical (unpaired) electrons. The summed E-state index contributed by atoms with van der Waals surface area (Å²) < 4.78 is 12.4. The van der Waals surface area contributed by atoms with Gasteiger partial charge in [-0.3, -0.25) is 4.21 Å². The standard InChI is InChI=1S/C15H21NOS/c1-16-15(12-5-6-12)10-18(17)14-8-7-11-3-2-4-13(11)9-14/h7-9,12,15-16H,2-6,10H2,1H3. The second-order valence-electron chi connectivity index (χ2n) is 5.53. The molecule has 0 aromatic heterocycles. The highest BCUT2D eigenvalue weighted by atomic mass is 32.2. The highest BCUT2D eigenvalue weighted by Crippen LogP contribution is 2.33. The van der Waals surface area contributed by atoms with E-state index in [4.69, 9.17) is 0 Å². The van der Waals surface area contributed by atoms with Gasteiger partial charge in [0.25, 0.3) is 0 Å². The fourth-order valence-corrected chi connectivity index (χ4v) is 4.35. The van der Waals surface area contributed by atoms with E-state index in [-0.39, 0.29) is 0 Å². The van der Waals surface area contributed by atoms with Crippen molar-refractivity contribution >= 4 is 10.8 Å². The Kier molecular flexibility index (Phi) is 3.53. The highest BCUT2D eigenvalue weighted by Gasteiger charge is 2.31. The Morgan fingerprint density at radius 1 is 1.33 bits per heavy atom. The average Bonchev–Trinajstić information content (AvgIpc) is 3.12. The summed E-state index contributed by atoms with van der Waals surface area (Å²) in [5, 5.41) is 3.32. The van der Waals surface area contributed by atoms with E-state index in [1.165, 1.54) is 43.2 Å². The number of hydrogen-bond donors (Lipinski definition) is 1. The summed E-state index contributed by atoms with van der Waals surface area (Å²) >= 11 is 0. The smallest absolute Gasteiger partial charge is 0.0545 e. The molecule has 0 aliphatic heterocycles. The minimum Gasteiger partial charge on any atom is -0.316 e. The van der Waals surface area contributed by atoms with Gasteiger partial charge in [0.2, 0.25) is 0 Å². The van der Waals surface area contributed by atoms with E-state index < -0.39 is 10.8 Å². The molecule has 0 amide bonds. The van der Waals surface area contributed by atoms with Crippen molar-refractivity contribution < 1.29 is 4.21 Å². The van der Waals surface area contributed by atoms with Crippen molar-refractivity contribution in [2.45, 2.75) is 43.0 Å². The minimum atomic E-state index is -0.849. The number of rotatable bonds is 5. The predicted molar refractivity (Wildman–Crippen MR) is 75.3 cm³/mol. The van der Waals surface area contributed by atoms with Crippen LogP contribution in [0.2, 0.25) is 0 Å². The zero-order chi connectivity index (χ0) is 12.5. The fraction of sp³-hybridized carbons (Fsp3) is 0.600. The first kappa shape index (κ1) is 12.4. The number of aryl methyl sites for hydroxylation is 2. The molecule has 18 heavy (non-hydrogen) atoms. The molecule has 2 nitrogen and oxygen atoms in total. The molecule has 98 valence electrons. The van der Waals surface area contributed by atoms with Crippen LogP contribution in [0.4, 0.5) is 0 Å². The van der Waals surface area contributed by atoms with Crippen LogP contribution in [0.5, 0.6) is 0 Å². The Balaban J connectivity index is 1.71. The second-order valence-corrected chi connectivity index (χ2v) is 7.02. The van der Waals surface area contributed by atoms with Crippen molar-refractivity contribution in [1.82, 2.24) is 5.32 Å². The lowest BCUT2D eigenvalue weighted by Crippen LogP contribution is -2.33. The second kappa shape index (κ2) is 5.14. The monoisotopic (exact) mass is 263 g/mol. The van der Waals surface area contributed by atoms with Crippen LogP contribution in [0.25, 0.3) is 0 Å². The van der Waals surface area contributed by atoms with E-state index in [9.17, 15) is 4.21 Å². The van der Waals surface area contributed by atoms with Crippen molar-refractivity contribution in [3.8, 4) is 0 Å². The maximum atomic E-state index is 12.4. The van der Waals surface area contributed by atoms with Crippen molar-refractivity contribution in [2.75, 3.05) is 12.8 Å². The molecule has 0 saturated heterocycles. The van der Waals surface area contributed by atoms with E-state index in [2.05, 4.69) is 23.5 Å². The van der Waals surface area contributed by atoms with Crippen molar-refractivity contribution in [2.24, 2.45) is 5.92 Å². The zero-order valence-corrected chi connectivity index (χ0v) is 11.8. The van der Waals surface area contributed by atoms with Gasteiger partial charge in [0.15, 0.2) is 0 Å². The Morgan fingerprint density at radius 3 is 2.83 bits per heavy atom. The third kappa shape index (κ3) is 2.52. The van der Waals surface area contributed by atoms with Crippen molar-refractivity contribution in [3.63, 3.8) is 0 Å². The van der Waals surface area contributed by atoms with E-state index in [1.54, 1.807) is 0 Å². The largest absolute Gasteiger partial charge is 0.316 e. The minimum absolute atomic E-state index is 0.430. The van der Waals surface area contributed by atoms with Gasteiger partial charge in [-0.2, -0.15) is 0 Å². The SMILES string of the molecule is CNC(CS(=O)c1ccc2c(c1)CCC2)C1CC1. The lowest BCUT2D eigenvalue weighted by atomic mass is 10.1. The molecule has 1 aromatic carbocycles. The normalized spacial score (nSPS) is 21.6. The Morgan fingerprint density at radius 2 is 2.11 bits per heavy atom. The molecule has 1 fully saturated rings. The van der Waals surface area contributed by atoms with Crippen LogP contribution >= 0.6 is 0 Å². The van der Waals surface area contributed by atoms with Gasteiger partial charge in [0.05, 0.1) is 10.8 Å². The number of nitrogens with one attached hydrogen (secondary N) is 1. The molecule has 2 atom stereocenters. The third-order valence-corrected chi connectivity index (χ3v) is 5.67. The molecule has 0 bridgehead atoms. The van der Waals surface area contributed by atoms with E-state index >= 15 is 0 Å². The van der Waals surface area contributed by atoms with Crippen LogP contribution in [0.15, 0.2) is 23.1 Å². The molecule has 2 aliphatic carbocycles. The van der Waals surface area contributed by atoms with Gasteiger partial charge in [0, 0.05) is 16.7 Å². The molecule has 3 heteroatoms. The quantitative estimate of drug-likeness (QED) is 0.883. The average molecular weight is 263 g/mol. The van der Waals surface area contributed by atoms with E-state index in [0.29, 0.717) is 6.04 Å². The van der Waals surface area contributed by atoms with Gasteiger partial charge >= 0.3 is 0 Å². The molecule has 1 aromatic rings. The topological polar surface area (TPSA) is 29.1 Å². The van der Waals surface area contributed by atoms with Gasteiger partial charge in [-0.1, -0.05) is 6.07 Å². The maximum Gasteiger partial charge on any atom is 0.0545 e. The third-order valence-electron chi connectivity index (χ3n) is 4.23. The summed E-state index contributed by atoms with van der Waals surface area (Å²) in [6.07, 6.45) is 6.22. The summed E-state index contributed by atoms with van der Waals surface area (Å²) in [6, 6.07) is 6.86. The molecule has 2 unspecified atom stereocenters. The van der Waals surface area contributed by atoms with Gasteiger partial charge in [-0.15, -0.1) is 0 Å². The highest BCUT2D eigenvalue weighted by molar-refractivity contribution is 7.85. The van der Waals surface area contributed by atoms with E-state index in [1.807, 2.05) is 7.05 Å². The molecule has 0 spiro atoms. The molecular weight excluding hydrogens is 242 g/mol. The first-order valence-electron chi connectivity index (χ1n) is 6.95. The maximum absolute atomic E-state index is 12.4. The Labute approximate surface area is 112 Å². The lowest BCUT2D eigenvalue weighted by Gasteiger charge is -2.15. The van der Waals surface area contributed by atoms with Crippen LogP contribution in [-0.4, -0.2) is 23.1 Å². The first-order chi connectivity index (χ1) is 8.78. The van der Waals surface area contributed by atoms with Crippen LogP contribution in [0.3, 0.4) is 0 Å². The molecule has 2 aliphatic rings. The van der Waals surface area contributed by atoms with Gasteiger partial charge in [-0.25, -0.2) is 0 Å². The summed E-state index contributed by atoms with van der Waals surface area (Å²) in [4.78, 5) is 1.02. The number of hydrogen-bond acceptors (Lipinski definition) is 2. The number of benzene rings is 1. The first-order valence-corrected chi connectivity index (χ1v) is 8.27. The summed E-state index contributed by atoms with van der Waals surface area (Å²) in [5.41, 5.74) is 2.89. The van der Waals surface area contributed by atoms with Crippen molar-refractivity contribution in [3.05, 3.63) is 29.3 Å².